The monoisotopic (exact) mass is 961 g/mol. The average Bonchev–Trinajstić information content (AvgIpc) is 3.65. The number of H-pyrrole nitrogens is 1. The molecular formula is C49H72N10O10. The Hall–Kier alpha value is -6.38. The van der Waals surface area contributed by atoms with E-state index >= 15 is 0 Å². The summed E-state index contributed by atoms with van der Waals surface area (Å²) in [5, 5.41) is 39.9. The number of aromatic amines is 1. The van der Waals surface area contributed by atoms with E-state index in [0.29, 0.717) is 24.9 Å². The SMILES string of the molecule is CC(C)C[C@H](NC(=O)CCN)C(=O)N[C@@H](C)C(=O)NCCN1Cc2[nH]c3ccccc3c2C[C@H]1C(=O)NCc1cccc(C(=O)N[C@@H](CC(C)C)C(=O)N[C@H](C(=O)N[C@H](C(=O)O)C(C)C)[C@@H](C)O)c1. The number of aromatic nitrogens is 1. The summed E-state index contributed by atoms with van der Waals surface area (Å²) in [6, 6.07) is 8.09. The van der Waals surface area contributed by atoms with Crippen LogP contribution in [0.2, 0.25) is 0 Å². The number of carbonyl (C=O) groups excluding carboxylic acids is 7. The zero-order valence-electron chi connectivity index (χ0n) is 40.9. The molecule has 20 heteroatoms. The van der Waals surface area contributed by atoms with Crippen molar-refractivity contribution in [3.05, 3.63) is 70.9 Å². The minimum Gasteiger partial charge on any atom is -0.480 e. The highest BCUT2D eigenvalue weighted by molar-refractivity contribution is 5.99. The third-order valence-corrected chi connectivity index (χ3v) is 11.9. The lowest BCUT2D eigenvalue weighted by molar-refractivity contribution is -0.144. The number of hydrogen-bond donors (Lipinski definition) is 11. The molecule has 69 heavy (non-hydrogen) atoms. The summed E-state index contributed by atoms with van der Waals surface area (Å²) in [6.45, 7) is 14.6. The van der Waals surface area contributed by atoms with Crippen LogP contribution in [-0.2, 0) is 53.1 Å². The molecule has 0 spiro atoms. The first-order chi connectivity index (χ1) is 32.6. The van der Waals surface area contributed by atoms with Gasteiger partial charge in [0.25, 0.3) is 5.91 Å². The molecule has 0 bridgehead atoms. The summed E-state index contributed by atoms with van der Waals surface area (Å²) < 4.78 is 0. The summed E-state index contributed by atoms with van der Waals surface area (Å²) in [6.07, 6.45) is -0.399. The van der Waals surface area contributed by atoms with E-state index in [0.717, 1.165) is 22.2 Å². The van der Waals surface area contributed by atoms with Crippen molar-refractivity contribution in [3.8, 4) is 0 Å². The van der Waals surface area contributed by atoms with E-state index in [9.17, 15) is 48.6 Å². The molecule has 7 atom stereocenters. The van der Waals surface area contributed by atoms with Crippen molar-refractivity contribution in [1.29, 1.82) is 0 Å². The molecule has 0 aliphatic carbocycles. The predicted octanol–water partition coefficient (Wildman–Crippen LogP) is 0.947. The first-order valence-electron chi connectivity index (χ1n) is 23.7. The van der Waals surface area contributed by atoms with Gasteiger partial charge in [0, 0.05) is 61.3 Å². The number of nitrogens with zero attached hydrogens (tertiary/aromatic N) is 1. The lowest BCUT2D eigenvalue weighted by Crippen LogP contribution is -2.59. The molecule has 0 radical (unpaired) electrons. The fourth-order valence-corrected chi connectivity index (χ4v) is 8.20. The summed E-state index contributed by atoms with van der Waals surface area (Å²) >= 11 is 0. The Morgan fingerprint density at radius 3 is 2.01 bits per heavy atom. The first kappa shape index (κ1) is 55.2. The highest BCUT2D eigenvalue weighted by Gasteiger charge is 2.35. The molecule has 0 fully saturated rings. The second-order valence-electron chi connectivity index (χ2n) is 19.0. The van der Waals surface area contributed by atoms with Gasteiger partial charge in [0.05, 0.1) is 12.1 Å². The van der Waals surface area contributed by atoms with Gasteiger partial charge in [0.15, 0.2) is 0 Å². The van der Waals surface area contributed by atoms with E-state index in [4.69, 9.17) is 5.73 Å². The number of amides is 7. The van der Waals surface area contributed by atoms with Crippen LogP contribution in [0.25, 0.3) is 10.9 Å². The summed E-state index contributed by atoms with van der Waals surface area (Å²) in [5.41, 5.74) is 9.19. The molecular weight excluding hydrogens is 889 g/mol. The summed E-state index contributed by atoms with van der Waals surface area (Å²) in [7, 11) is 0. The van der Waals surface area contributed by atoms with E-state index in [1.807, 2.05) is 56.9 Å². The highest BCUT2D eigenvalue weighted by Crippen LogP contribution is 2.30. The molecule has 2 aromatic carbocycles. The van der Waals surface area contributed by atoms with Gasteiger partial charge in [0.2, 0.25) is 35.4 Å². The van der Waals surface area contributed by atoms with E-state index in [2.05, 4.69) is 42.2 Å². The third-order valence-electron chi connectivity index (χ3n) is 11.9. The average molecular weight is 961 g/mol. The van der Waals surface area contributed by atoms with Crippen molar-refractivity contribution in [1.82, 2.24) is 47.1 Å². The molecule has 0 saturated heterocycles. The molecule has 378 valence electrons. The molecule has 2 heterocycles. The molecule has 0 saturated carbocycles. The Morgan fingerprint density at radius 1 is 0.754 bits per heavy atom. The number of carboxylic acids is 1. The molecule has 7 amide bonds. The number of aliphatic carboxylic acids is 1. The molecule has 4 rings (SSSR count). The number of nitrogens with one attached hydrogen (secondary N) is 8. The number of para-hydroxylation sites is 1. The quantitative estimate of drug-likeness (QED) is 0.0566. The van der Waals surface area contributed by atoms with Gasteiger partial charge in [-0.15, -0.1) is 0 Å². The maximum Gasteiger partial charge on any atom is 0.326 e. The van der Waals surface area contributed by atoms with Gasteiger partial charge < -0.3 is 58.1 Å². The van der Waals surface area contributed by atoms with Crippen molar-refractivity contribution < 1.29 is 48.6 Å². The van der Waals surface area contributed by atoms with Crippen LogP contribution < -0.4 is 43.0 Å². The molecule has 1 aromatic heterocycles. The number of benzene rings is 2. The number of rotatable bonds is 25. The van der Waals surface area contributed by atoms with Crippen molar-refractivity contribution in [2.75, 3.05) is 19.6 Å². The van der Waals surface area contributed by atoms with E-state index in [1.54, 1.807) is 45.0 Å². The molecule has 1 aliphatic rings. The van der Waals surface area contributed by atoms with Gasteiger partial charge in [-0.2, -0.15) is 0 Å². The summed E-state index contributed by atoms with van der Waals surface area (Å²) in [5.74, 6) is -5.52. The number of hydrogen-bond acceptors (Lipinski definition) is 11. The number of aliphatic hydroxyl groups is 1. The fraction of sp³-hybridized carbons (Fsp3) is 0.551. The van der Waals surface area contributed by atoms with Crippen LogP contribution in [-0.4, -0.2) is 129 Å². The van der Waals surface area contributed by atoms with Crippen LogP contribution in [0, 0.1) is 17.8 Å². The lowest BCUT2D eigenvalue weighted by Gasteiger charge is -2.35. The van der Waals surface area contributed by atoms with Crippen LogP contribution in [0.1, 0.15) is 102 Å². The number of carbonyl (C=O) groups is 8. The maximum atomic E-state index is 14.2. The van der Waals surface area contributed by atoms with Crippen LogP contribution in [0.3, 0.4) is 0 Å². The van der Waals surface area contributed by atoms with Crippen molar-refractivity contribution >= 4 is 58.2 Å². The second kappa shape index (κ2) is 25.8. The van der Waals surface area contributed by atoms with Gasteiger partial charge in [-0.1, -0.05) is 71.9 Å². The zero-order valence-corrected chi connectivity index (χ0v) is 40.9. The smallest absolute Gasteiger partial charge is 0.326 e. The topological polar surface area (TPSA) is 306 Å². The maximum absolute atomic E-state index is 14.2. The van der Waals surface area contributed by atoms with E-state index in [-0.39, 0.29) is 68.2 Å². The standard InChI is InChI=1S/C49H72N10O10/c1-26(2)20-36(55-40(61)16-17-50)45(64)53-29(7)43(62)51-18-19-59-25-38-34(33-14-9-10-15-35(33)54-38)23-39(59)47(66)52-24-31-12-11-13-32(22-31)44(63)56-37(21-27(3)4)46(65)58-42(30(8)60)48(67)57-41(28(5)6)49(68)69/h9-15,22,26-30,36-37,39,41-42,54,60H,16-21,23-25,50H2,1-8H3,(H,51,62)(H,52,66)(H,53,64)(H,55,61)(H,56,63)(H,57,67)(H,58,65)(H,68,69)/t29-,30+,36-,37-,39-,41-,42-/m0/s1. The number of carboxylic acid groups (broad SMARTS) is 1. The van der Waals surface area contributed by atoms with Crippen LogP contribution in [0.15, 0.2) is 48.5 Å². The van der Waals surface area contributed by atoms with Gasteiger partial charge in [-0.05, 0) is 80.2 Å². The Morgan fingerprint density at radius 2 is 1.39 bits per heavy atom. The van der Waals surface area contributed by atoms with Gasteiger partial charge >= 0.3 is 5.97 Å². The summed E-state index contributed by atoms with van der Waals surface area (Å²) in [4.78, 5) is 110. The van der Waals surface area contributed by atoms with Crippen LogP contribution in [0.5, 0.6) is 0 Å². The van der Waals surface area contributed by atoms with Crippen LogP contribution >= 0.6 is 0 Å². The lowest BCUT2D eigenvalue weighted by atomic mass is 9.96. The molecule has 12 N–H and O–H groups in total. The van der Waals surface area contributed by atoms with Crippen molar-refractivity contribution in [3.63, 3.8) is 0 Å². The van der Waals surface area contributed by atoms with Gasteiger partial charge in [-0.3, -0.25) is 38.5 Å². The largest absolute Gasteiger partial charge is 0.480 e. The number of nitrogens with two attached hydrogens (primary N) is 1. The molecule has 3 aromatic rings. The highest BCUT2D eigenvalue weighted by atomic mass is 16.4. The fourth-order valence-electron chi connectivity index (χ4n) is 8.20. The Bertz CT molecular complexity index is 2300. The van der Waals surface area contributed by atoms with Crippen LogP contribution in [0.4, 0.5) is 0 Å². The molecule has 0 unspecified atom stereocenters. The molecule has 1 aliphatic heterocycles. The van der Waals surface area contributed by atoms with E-state index < -0.39 is 83.8 Å². The minimum atomic E-state index is -1.50. The normalized spacial score (nSPS) is 16.3. The Balaban J connectivity index is 1.43. The predicted molar refractivity (Wildman–Crippen MR) is 259 cm³/mol. The van der Waals surface area contributed by atoms with E-state index in [1.165, 1.54) is 6.92 Å². The third kappa shape index (κ3) is 16.1. The van der Waals surface area contributed by atoms with Gasteiger partial charge in [-0.25, -0.2) is 4.79 Å². The number of aliphatic hydroxyl groups excluding tert-OH is 1. The van der Waals surface area contributed by atoms with Gasteiger partial charge in [0.1, 0.15) is 30.2 Å². The van der Waals surface area contributed by atoms with Crippen molar-refractivity contribution in [2.24, 2.45) is 23.5 Å². The van der Waals surface area contributed by atoms with Crippen molar-refractivity contribution in [2.45, 2.75) is 137 Å². The minimum absolute atomic E-state index is 0.0538. The zero-order chi connectivity index (χ0) is 51.1. The second-order valence-corrected chi connectivity index (χ2v) is 19.0. The number of fused-ring (bicyclic) bond motifs is 3. The molecule has 20 nitrogen and oxygen atoms in total. The Labute approximate surface area is 403 Å². The Kier molecular flexibility index (Phi) is 20.7. The first-order valence-corrected chi connectivity index (χ1v) is 23.7.